The molecule has 0 radical (unpaired) electrons. The van der Waals surface area contributed by atoms with Gasteiger partial charge in [-0.2, -0.15) is 0 Å². The summed E-state index contributed by atoms with van der Waals surface area (Å²) in [5.41, 5.74) is 8.34. The van der Waals surface area contributed by atoms with Crippen molar-refractivity contribution < 1.29 is 19.2 Å². The molecular formula is C27H37N2Pd. The van der Waals surface area contributed by atoms with Crippen LogP contribution in [0, 0.1) is 0 Å². The van der Waals surface area contributed by atoms with Crippen molar-refractivity contribution in [1.82, 2.24) is 0 Å². The fourth-order valence-electron chi connectivity index (χ4n) is 4.38. The molecule has 165 valence electrons. The maximum atomic E-state index is 3.72. The molecule has 0 fully saturated rings. The van der Waals surface area contributed by atoms with E-state index in [4.69, 9.17) is 0 Å². The molecule has 2 nitrogen and oxygen atoms in total. The number of rotatable bonds is 6. The summed E-state index contributed by atoms with van der Waals surface area (Å²) in [5.74, 6) is 1.89. The second-order valence-electron chi connectivity index (χ2n) is 9.58. The van der Waals surface area contributed by atoms with E-state index in [1.54, 1.807) is 0 Å². The minimum absolute atomic E-state index is 0.0859. The van der Waals surface area contributed by atoms with Gasteiger partial charge in [0.25, 0.3) is 0 Å². The van der Waals surface area contributed by atoms with Crippen LogP contribution in [-0.2, 0) is 19.2 Å². The van der Waals surface area contributed by atoms with E-state index in [2.05, 4.69) is 133 Å². The summed E-state index contributed by atoms with van der Waals surface area (Å²) in [6.07, 6.45) is 4.51. The molecule has 0 aliphatic carbocycles. The van der Waals surface area contributed by atoms with Crippen molar-refractivity contribution in [2.24, 2.45) is 0 Å². The van der Waals surface area contributed by atoms with Crippen LogP contribution in [0.15, 0.2) is 48.8 Å². The first kappa shape index (κ1) is 23.1. The number of anilines is 2. The molecule has 0 N–H and O–H groups in total. The van der Waals surface area contributed by atoms with Crippen molar-refractivity contribution in [3.05, 3.63) is 71.1 Å². The first-order valence-corrected chi connectivity index (χ1v) is 12.2. The number of hydrogen-bond acceptors (Lipinski definition) is 2. The second-order valence-corrected chi connectivity index (χ2v) is 10.4. The van der Waals surface area contributed by atoms with Gasteiger partial charge in [-0.3, -0.25) is 0 Å². The van der Waals surface area contributed by atoms with Crippen molar-refractivity contribution in [3.8, 4) is 0 Å². The van der Waals surface area contributed by atoms with Crippen molar-refractivity contribution >= 4 is 11.4 Å². The zero-order valence-corrected chi connectivity index (χ0v) is 21.3. The molecule has 1 aliphatic rings. The van der Waals surface area contributed by atoms with Gasteiger partial charge in [0.05, 0.1) is 0 Å². The van der Waals surface area contributed by atoms with E-state index >= 15 is 0 Å². The van der Waals surface area contributed by atoms with E-state index in [-0.39, 0.29) is 4.64 Å². The van der Waals surface area contributed by atoms with Crippen LogP contribution >= 0.6 is 0 Å². The van der Waals surface area contributed by atoms with Crippen LogP contribution in [-0.4, -0.2) is 4.64 Å². The summed E-state index contributed by atoms with van der Waals surface area (Å²) < 4.78 is 0.0859. The molecule has 0 spiro atoms. The van der Waals surface area contributed by atoms with Crippen LogP contribution in [0.5, 0.6) is 0 Å². The molecule has 0 saturated heterocycles. The normalized spacial score (nSPS) is 15.0. The van der Waals surface area contributed by atoms with E-state index in [1.165, 1.54) is 33.6 Å². The average Bonchev–Trinajstić information content (AvgIpc) is 3.07. The molecular weight excluding hydrogens is 459 g/mol. The fourth-order valence-corrected chi connectivity index (χ4v) is 5.04. The van der Waals surface area contributed by atoms with Crippen LogP contribution in [0.1, 0.15) is 101 Å². The molecule has 0 amide bonds. The Hall–Kier alpha value is -1.56. The topological polar surface area (TPSA) is 6.48 Å². The van der Waals surface area contributed by atoms with Crippen LogP contribution in [0.3, 0.4) is 0 Å². The summed E-state index contributed by atoms with van der Waals surface area (Å²) in [6.45, 7) is 18.3. The Morgan fingerprint density at radius 3 is 1.07 bits per heavy atom. The molecule has 30 heavy (non-hydrogen) atoms. The Kier molecular flexibility index (Phi) is 7.16. The van der Waals surface area contributed by atoms with Crippen molar-refractivity contribution in [2.45, 2.75) is 83.7 Å². The average molecular weight is 496 g/mol. The number of nitrogens with zero attached hydrogens (tertiary/aromatic N) is 2. The number of hydrogen-bond donors (Lipinski definition) is 0. The first-order valence-electron chi connectivity index (χ1n) is 11.3. The van der Waals surface area contributed by atoms with Crippen molar-refractivity contribution in [3.63, 3.8) is 0 Å². The van der Waals surface area contributed by atoms with Gasteiger partial charge in [-0.25, -0.2) is 0 Å². The van der Waals surface area contributed by atoms with Crippen LogP contribution in [0.25, 0.3) is 0 Å². The molecule has 0 aromatic heterocycles. The second kappa shape index (κ2) is 9.29. The Morgan fingerprint density at radius 2 is 0.833 bits per heavy atom. The third-order valence-corrected chi connectivity index (χ3v) is 6.88. The molecule has 0 bridgehead atoms. The van der Waals surface area contributed by atoms with Gasteiger partial charge in [0.1, 0.15) is 0 Å². The summed E-state index contributed by atoms with van der Waals surface area (Å²) in [6, 6.07) is 13.6. The predicted molar refractivity (Wildman–Crippen MR) is 127 cm³/mol. The molecule has 1 aliphatic heterocycles. The predicted octanol–water partition coefficient (Wildman–Crippen LogP) is 7.81. The van der Waals surface area contributed by atoms with Crippen molar-refractivity contribution in [2.75, 3.05) is 9.80 Å². The SMILES string of the molecule is CC(C)c1cccc(C(C)C)c1N1C=CN(c2c(C(C)C)cccc2C(C)C)[CH]1[Pd]. The molecule has 0 atom stereocenters. The molecule has 3 heteroatoms. The Balaban J connectivity index is 2.12. The van der Waals surface area contributed by atoms with E-state index in [1.807, 2.05) is 0 Å². The standard InChI is InChI=1S/C27H37N2.Pd/c1-18(2)22-11-9-12-23(19(3)4)26(22)28-15-16-29(17-28)27-24(20(5)6)13-10-14-25(27)21(7)8;/h9-21H,1-8H3;. The molecule has 0 saturated carbocycles. The monoisotopic (exact) mass is 495 g/mol. The Bertz CT molecular complexity index is 785. The summed E-state index contributed by atoms with van der Waals surface area (Å²) >= 11 is 3.72. The molecule has 0 unspecified atom stereocenters. The summed E-state index contributed by atoms with van der Waals surface area (Å²) in [5, 5.41) is 0. The molecule has 3 rings (SSSR count). The van der Waals surface area contributed by atoms with Gasteiger partial charge in [0.2, 0.25) is 0 Å². The van der Waals surface area contributed by atoms with E-state index in [0.29, 0.717) is 23.7 Å². The van der Waals surface area contributed by atoms with E-state index in [0.717, 1.165) is 0 Å². The zero-order chi connectivity index (χ0) is 22.2. The van der Waals surface area contributed by atoms with E-state index < -0.39 is 0 Å². The maximum absolute atomic E-state index is 3.72. The molecule has 1 heterocycles. The van der Waals surface area contributed by atoms with Gasteiger partial charge < -0.3 is 0 Å². The third-order valence-electron chi connectivity index (χ3n) is 6.01. The van der Waals surface area contributed by atoms with Gasteiger partial charge in [-0.15, -0.1) is 0 Å². The van der Waals surface area contributed by atoms with Crippen LogP contribution < -0.4 is 9.80 Å². The minimum atomic E-state index is 0.0859. The van der Waals surface area contributed by atoms with E-state index in [9.17, 15) is 0 Å². The molecule has 2 aromatic carbocycles. The Morgan fingerprint density at radius 1 is 0.567 bits per heavy atom. The quantitative estimate of drug-likeness (QED) is 0.377. The molecule has 2 aromatic rings. The van der Waals surface area contributed by atoms with Gasteiger partial charge in [0.15, 0.2) is 0 Å². The van der Waals surface area contributed by atoms with Gasteiger partial charge in [-0.05, 0) is 0 Å². The van der Waals surface area contributed by atoms with Crippen LogP contribution in [0.2, 0.25) is 0 Å². The van der Waals surface area contributed by atoms with Gasteiger partial charge in [0, 0.05) is 0 Å². The van der Waals surface area contributed by atoms with Crippen molar-refractivity contribution in [1.29, 1.82) is 0 Å². The fraction of sp³-hybridized carbons (Fsp3) is 0.481. The number of benzene rings is 2. The first-order chi connectivity index (χ1) is 14.1. The Labute approximate surface area is 194 Å². The van der Waals surface area contributed by atoms with Gasteiger partial charge >= 0.3 is 195 Å². The van der Waals surface area contributed by atoms with Crippen LogP contribution in [0.4, 0.5) is 11.4 Å². The summed E-state index contributed by atoms with van der Waals surface area (Å²) in [4.78, 5) is 4.85. The number of para-hydroxylation sites is 2. The zero-order valence-electron chi connectivity index (χ0n) is 19.7. The van der Waals surface area contributed by atoms with Gasteiger partial charge in [-0.1, -0.05) is 0 Å². The summed E-state index contributed by atoms with van der Waals surface area (Å²) in [7, 11) is 0. The third kappa shape index (κ3) is 4.25.